The van der Waals surface area contributed by atoms with Crippen molar-refractivity contribution >= 4 is 5.97 Å². The summed E-state index contributed by atoms with van der Waals surface area (Å²) in [7, 11) is 0. The maximum Gasteiger partial charge on any atom is 0.304 e. The van der Waals surface area contributed by atoms with Crippen LogP contribution in [0.5, 0.6) is 0 Å². The van der Waals surface area contributed by atoms with Crippen molar-refractivity contribution in [3.8, 4) is 0 Å². The van der Waals surface area contributed by atoms with Crippen molar-refractivity contribution in [1.29, 1.82) is 0 Å². The molecule has 2 rings (SSSR count). The van der Waals surface area contributed by atoms with Crippen LogP contribution in [0.15, 0.2) is 0 Å². The van der Waals surface area contributed by atoms with Gasteiger partial charge in [-0.1, -0.05) is 0 Å². The molecule has 0 aromatic rings. The molecule has 1 atom stereocenters. The number of alkyl halides is 2. The van der Waals surface area contributed by atoms with E-state index >= 15 is 0 Å². The van der Waals surface area contributed by atoms with E-state index < -0.39 is 5.92 Å². The summed E-state index contributed by atoms with van der Waals surface area (Å²) in [6.07, 6.45) is 1.58. The van der Waals surface area contributed by atoms with Gasteiger partial charge in [-0.25, -0.2) is 8.78 Å². The summed E-state index contributed by atoms with van der Waals surface area (Å²) in [5.74, 6) is -2.78. The lowest BCUT2D eigenvalue weighted by atomic mass is 9.89. The zero-order chi connectivity index (χ0) is 11.8. The molecule has 0 amide bonds. The lowest BCUT2D eigenvalue weighted by Gasteiger charge is -2.46. The number of esters is 1. The number of carbonyl (C=O) groups excluding carboxylic acids is 1. The average Bonchev–Trinajstić information content (AvgIpc) is 2.16. The lowest BCUT2D eigenvalue weighted by Crippen LogP contribution is -2.56. The third kappa shape index (κ3) is 2.51. The van der Waals surface area contributed by atoms with Gasteiger partial charge in [0.1, 0.15) is 0 Å². The van der Waals surface area contributed by atoms with Crippen molar-refractivity contribution < 1.29 is 18.3 Å². The monoisotopic (exact) mass is 233 g/mol. The third-order valence-electron chi connectivity index (χ3n) is 3.46. The summed E-state index contributed by atoms with van der Waals surface area (Å²) in [5, 5.41) is 0. The molecule has 1 aliphatic heterocycles. The highest BCUT2D eigenvalue weighted by atomic mass is 19.3. The zero-order valence-electron chi connectivity index (χ0n) is 9.42. The summed E-state index contributed by atoms with van der Waals surface area (Å²) < 4.78 is 31.0. The SMILES string of the molecule is CC(=O)OC1CCN1C1CCC(F)(F)CC1. The van der Waals surface area contributed by atoms with Crippen LogP contribution in [0.2, 0.25) is 0 Å². The van der Waals surface area contributed by atoms with Gasteiger partial charge in [0, 0.05) is 38.8 Å². The molecular weight excluding hydrogens is 216 g/mol. The Morgan fingerprint density at radius 1 is 1.31 bits per heavy atom. The number of hydrogen-bond acceptors (Lipinski definition) is 3. The van der Waals surface area contributed by atoms with Crippen molar-refractivity contribution in [3.63, 3.8) is 0 Å². The van der Waals surface area contributed by atoms with Crippen LogP contribution in [0, 0.1) is 0 Å². The van der Waals surface area contributed by atoms with Crippen LogP contribution < -0.4 is 0 Å². The van der Waals surface area contributed by atoms with Gasteiger partial charge in [0.15, 0.2) is 6.23 Å². The highest BCUT2D eigenvalue weighted by Crippen LogP contribution is 2.37. The Morgan fingerprint density at radius 2 is 1.94 bits per heavy atom. The van der Waals surface area contributed by atoms with Crippen LogP contribution in [0.25, 0.3) is 0 Å². The van der Waals surface area contributed by atoms with Gasteiger partial charge in [-0.3, -0.25) is 9.69 Å². The standard InChI is InChI=1S/C11H17F2NO2/c1-8(15)16-10-4-7-14(10)9-2-5-11(12,13)6-3-9/h9-10H,2-7H2,1H3. The first kappa shape index (κ1) is 11.8. The van der Waals surface area contributed by atoms with E-state index in [0.29, 0.717) is 12.8 Å². The van der Waals surface area contributed by atoms with E-state index in [1.54, 1.807) is 0 Å². The van der Waals surface area contributed by atoms with E-state index in [4.69, 9.17) is 4.74 Å². The van der Waals surface area contributed by atoms with Gasteiger partial charge in [0.2, 0.25) is 5.92 Å². The predicted molar refractivity (Wildman–Crippen MR) is 54.1 cm³/mol. The van der Waals surface area contributed by atoms with Gasteiger partial charge in [0.25, 0.3) is 0 Å². The van der Waals surface area contributed by atoms with E-state index in [2.05, 4.69) is 0 Å². The highest BCUT2D eigenvalue weighted by Gasteiger charge is 2.42. The fourth-order valence-corrected chi connectivity index (χ4v) is 2.48. The molecule has 5 heteroatoms. The Balaban J connectivity index is 1.83. The van der Waals surface area contributed by atoms with Crippen molar-refractivity contribution in [2.75, 3.05) is 6.54 Å². The molecule has 1 heterocycles. The number of rotatable bonds is 2. The number of likely N-dealkylation sites (tertiary alicyclic amines) is 1. The number of hydrogen-bond donors (Lipinski definition) is 0. The molecule has 0 aromatic carbocycles. The van der Waals surface area contributed by atoms with Gasteiger partial charge < -0.3 is 4.74 Å². The minimum atomic E-state index is -2.49. The molecule has 0 bridgehead atoms. The molecule has 0 N–H and O–H groups in total. The van der Waals surface area contributed by atoms with E-state index in [9.17, 15) is 13.6 Å². The second-order valence-corrected chi connectivity index (χ2v) is 4.68. The average molecular weight is 233 g/mol. The predicted octanol–water partition coefficient (Wildman–Crippen LogP) is 2.16. The first-order chi connectivity index (χ1) is 7.48. The summed E-state index contributed by atoms with van der Waals surface area (Å²) >= 11 is 0. The van der Waals surface area contributed by atoms with Gasteiger partial charge in [-0.15, -0.1) is 0 Å². The Labute approximate surface area is 93.7 Å². The molecule has 2 fully saturated rings. The van der Waals surface area contributed by atoms with Crippen LogP contribution in [-0.4, -0.2) is 35.6 Å². The zero-order valence-corrected chi connectivity index (χ0v) is 9.42. The fourth-order valence-electron chi connectivity index (χ4n) is 2.48. The molecule has 0 spiro atoms. The first-order valence-corrected chi connectivity index (χ1v) is 5.79. The van der Waals surface area contributed by atoms with Crippen molar-refractivity contribution in [2.24, 2.45) is 0 Å². The molecule has 1 unspecified atom stereocenters. The van der Waals surface area contributed by atoms with Crippen LogP contribution >= 0.6 is 0 Å². The molecule has 1 saturated carbocycles. The minimum Gasteiger partial charge on any atom is -0.446 e. The maximum absolute atomic E-state index is 13.0. The Kier molecular flexibility index (Phi) is 3.15. The van der Waals surface area contributed by atoms with Gasteiger partial charge in [-0.05, 0) is 12.8 Å². The molecular formula is C11H17F2NO2. The highest BCUT2D eigenvalue weighted by molar-refractivity contribution is 5.66. The van der Waals surface area contributed by atoms with Crippen LogP contribution in [0.3, 0.4) is 0 Å². The summed E-state index contributed by atoms with van der Waals surface area (Å²) in [6, 6.07) is 0.165. The second-order valence-electron chi connectivity index (χ2n) is 4.68. The van der Waals surface area contributed by atoms with E-state index in [-0.39, 0.29) is 31.1 Å². The Morgan fingerprint density at radius 3 is 2.38 bits per heavy atom. The molecule has 16 heavy (non-hydrogen) atoms. The summed E-state index contributed by atoms with van der Waals surface area (Å²) in [6.45, 7) is 2.24. The fraction of sp³-hybridized carbons (Fsp3) is 0.909. The Bertz CT molecular complexity index is 273. The molecule has 0 aromatic heterocycles. The number of ether oxygens (including phenoxy) is 1. The van der Waals surface area contributed by atoms with Gasteiger partial charge >= 0.3 is 5.97 Å². The number of carbonyl (C=O) groups is 1. The van der Waals surface area contributed by atoms with Gasteiger partial charge in [0.05, 0.1) is 0 Å². The van der Waals surface area contributed by atoms with Crippen LogP contribution in [-0.2, 0) is 9.53 Å². The summed E-state index contributed by atoms with van der Waals surface area (Å²) in [4.78, 5) is 12.8. The lowest BCUT2D eigenvalue weighted by molar-refractivity contribution is -0.181. The molecule has 92 valence electrons. The molecule has 1 aliphatic carbocycles. The molecule has 1 saturated heterocycles. The normalized spacial score (nSPS) is 30.8. The summed E-state index contributed by atoms with van der Waals surface area (Å²) in [5.41, 5.74) is 0. The molecule has 3 nitrogen and oxygen atoms in total. The van der Waals surface area contributed by atoms with Crippen LogP contribution in [0.1, 0.15) is 39.0 Å². The van der Waals surface area contributed by atoms with Gasteiger partial charge in [-0.2, -0.15) is 0 Å². The number of nitrogens with zero attached hydrogens (tertiary/aromatic N) is 1. The topological polar surface area (TPSA) is 29.5 Å². The molecule has 0 radical (unpaired) electrons. The van der Waals surface area contributed by atoms with Crippen molar-refractivity contribution in [2.45, 2.75) is 57.2 Å². The quantitative estimate of drug-likeness (QED) is 0.684. The van der Waals surface area contributed by atoms with E-state index in [1.165, 1.54) is 6.92 Å². The van der Waals surface area contributed by atoms with Crippen LogP contribution in [0.4, 0.5) is 8.78 Å². The third-order valence-corrected chi connectivity index (χ3v) is 3.46. The Hall–Kier alpha value is -0.710. The van der Waals surface area contributed by atoms with Crippen molar-refractivity contribution in [1.82, 2.24) is 4.90 Å². The first-order valence-electron chi connectivity index (χ1n) is 5.79. The minimum absolute atomic E-state index is 0.0407. The molecule has 2 aliphatic rings. The van der Waals surface area contributed by atoms with E-state index in [0.717, 1.165) is 13.0 Å². The second kappa shape index (κ2) is 4.28. The van der Waals surface area contributed by atoms with Crippen molar-refractivity contribution in [3.05, 3.63) is 0 Å². The smallest absolute Gasteiger partial charge is 0.304 e. The largest absolute Gasteiger partial charge is 0.446 e. The number of halogens is 2. The van der Waals surface area contributed by atoms with E-state index in [1.807, 2.05) is 4.90 Å². The maximum atomic E-state index is 13.0.